The normalized spacial score (nSPS) is 13.3. The van der Waals surface area contributed by atoms with Crippen molar-refractivity contribution >= 4 is 10.9 Å². The molecule has 2 rings (SSSR count). The smallest absolute Gasteiger partial charge is 0.0558 e. The maximum atomic E-state index is 9.07. The molecule has 98 valence electrons. The Morgan fingerprint density at radius 2 is 2.11 bits per heavy atom. The molecule has 1 heterocycles. The van der Waals surface area contributed by atoms with Gasteiger partial charge in [-0.25, -0.2) is 0 Å². The third kappa shape index (κ3) is 2.74. The molecular weight excluding hydrogens is 224 g/mol. The molecule has 1 aromatic heterocycles. The van der Waals surface area contributed by atoms with Gasteiger partial charge < -0.3 is 10.1 Å². The lowest BCUT2D eigenvalue weighted by Crippen LogP contribution is -2.36. The topological polar surface area (TPSA) is 39.3 Å². The highest BCUT2D eigenvalue weighted by molar-refractivity contribution is 5.83. The fourth-order valence-corrected chi connectivity index (χ4v) is 2.57. The number of H-pyrrole nitrogens is 1. The lowest BCUT2D eigenvalue weighted by molar-refractivity contribution is 0.164. The van der Waals surface area contributed by atoms with Crippen LogP contribution in [-0.2, 0) is 6.42 Å². The van der Waals surface area contributed by atoms with Crippen LogP contribution in [0.3, 0.4) is 0 Å². The molecule has 3 nitrogen and oxygen atoms in total. The summed E-state index contributed by atoms with van der Waals surface area (Å²) in [5.41, 5.74) is 2.55. The van der Waals surface area contributed by atoms with Gasteiger partial charge in [0.15, 0.2) is 0 Å². The van der Waals surface area contributed by atoms with Crippen molar-refractivity contribution in [2.45, 2.75) is 26.3 Å². The molecule has 0 radical (unpaired) electrons. The van der Waals surface area contributed by atoms with Crippen molar-refractivity contribution in [2.75, 3.05) is 19.7 Å². The van der Waals surface area contributed by atoms with Crippen LogP contribution in [0.1, 0.15) is 19.4 Å². The first-order chi connectivity index (χ1) is 8.76. The van der Waals surface area contributed by atoms with Crippen molar-refractivity contribution in [3.05, 3.63) is 36.0 Å². The molecule has 0 aliphatic rings. The summed E-state index contributed by atoms with van der Waals surface area (Å²) in [6.07, 6.45) is 3.12. The maximum absolute atomic E-state index is 9.07. The molecule has 1 atom stereocenters. The van der Waals surface area contributed by atoms with Crippen molar-refractivity contribution in [1.82, 2.24) is 9.88 Å². The summed E-state index contributed by atoms with van der Waals surface area (Å²) >= 11 is 0. The highest BCUT2D eigenvalue weighted by Crippen LogP contribution is 2.20. The number of rotatable bonds is 6. The first-order valence-electron chi connectivity index (χ1n) is 6.66. The number of para-hydroxylation sites is 1. The molecule has 0 amide bonds. The van der Waals surface area contributed by atoms with E-state index in [4.69, 9.17) is 5.11 Å². The van der Waals surface area contributed by atoms with Crippen molar-refractivity contribution < 1.29 is 5.11 Å². The molecule has 0 fully saturated rings. The monoisotopic (exact) mass is 246 g/mol. The van der Waals surface area contributed by atoms with Gasteiger partial charge in [-0.05, 0) is 31.5 Å². The highest BCUT2D eigenvalue weighted by Gasteiger charge is 2.14. The lowest BCUT2D eigenvalue weighted by Gasteiger charge is -2.26. The van der Waals surface area contributed by atoms with Gasteiger partial charge in [0.05, 0.1) is 6.61 Å². The molecule has 0 aliphatic carbocycles. The quantitative estimate of drug-likeness (QED) is 0.821. The van der Waals surface area contributed by atoms with E-state index in [1.165, 1.54) is 16.5 Å². The summed E-state index contributed by atoms with van der Waals surface area (Å²) in [5.74, 6) is 0. The van der Waals surface area contributed by atoms with Gasteiger partial charge in [-0.2, -0.15) is 0 Å². The number of hydrogen-bond donors (Lipinski definition) is 2. The molecule has 2 aromatic rings. The molecule has 0 unspecified atom stereocenters. The Balaban J connectivity index is 2.13. The minimum Gasteiger partial charge on any atom is -0.395 e. The number of aliphatic hydroxyl groups excluding tert-OH is 1. The van der Waals surface area contributed by atoms with Crippen molar-refractivity contribution in [1.29, 1.82) is 0 Å². The Kier molecular flexibility index (Phi) is 4.39. The van der Waals surface area contributed by atoms with Crippen molar-refractivity contribution in [3.63, 3.8) is 0 Å². The van der Waals surface area contributed by atoms with Gasteiger partial charge in [-0.1, -0.05) is 25.1 Å². The summed E-state index contributed by atoms with van der Waals surface area (Å²) in [7, 11) is 0. The Hall–Kier alpha value is -1.32. The van der Waals surface area contributed by atoms with Gasteiger partial charge in [-0.15, -0.1) is 0 Å². The molecule has 3 heteroatoms. The lowest BCUT2D eigenvalue weighted by atomic mass is 10.0. The van der Waals surface area contributed by atoms with Crippen molar-refractivity contribution in [3.8, 4) is 0 Å². The van der Waals surface area contributed by atoms with Crippen LogP contribution in [-0.4, -0.2) is 40.7 Å². The molecule has 0 saturated carbocycles. The summed E-state index contributed by atoms with van der Waals surface area (Å²) in [6, 6.07) is 8.85. The summed E-state index contributed by atoms with van der Waals surface area (Å²) < 4.78 is 0. The van der Waals surface area contributed by atoms with Crippen molar-refractivity contribution in [2.24, 2.45) is 0 Å². The molecule has 1 aromatic carbocycles. The van der Waals surface area contributed by atoms with E-state index < -0.39 is 0 Å². The van der Waals surface area contributed by atoms with Gasteiger partial charge in [0, 0.05) is 29.7 Å². The SMILES string of the molecule is CCN(CCO)[C@H](C)Cc1c[nH]c2ccccc12. The Morgan fingerprint density at radius 3 is 2.83 bits per heavy atom. The maximum Gasteiger partial charge on any atom is 0.0558 e. The number of nitrogens with zero attached hydrogens (tertiary/aromatic N) is 1. The number of fused-ring (bicyclic) bond motifs is 1. The molecule has 18 heavy (non-hydrogen) atoms. The van der Waals surface area contributed by atoms with Crippen LogP contribution in [0.15, 0.2) is 30.5 Å². The summed E-state index contributed by atoms with van der Waals surface area (Å²) in [4.78, 5) is 5.62. The number of aliphatic hydroxyl groups is 1. The molecule has 2 N–H and O–H groups in total. The second kappa shape index (κ2) is 6.03. The molecule has 0 aliphatic heterocycles. The van der Waals surface area contributed by atoms with Crippen LogP contribution in [0.2, 0.25) is 0 Å². The number of aromatic nitrogens is 1. The van der Waals surface area contributed by atoms with E-state index in [0.29, 0.717) is 6.04 Å². The minimum absolute atomic E-state index is 0.228. The van der Waals surface area contributed by atoms with Crippen LogP contribution < -0.4 is 0 Å². The van der Waals surface area contributed by atoms with E-state index in [2.05, 4.69) is 54.2 Å². The number of hydrogen-bond acceptors (Lipinski definition) is 2. The van der Waals surface area contributed by atoms with E-state index in [1.54, 1.807) is 0 Å². The Labute approximate surface area is 108 Å². The van der Waals surface area contributed by atoms with Crippen LogP contribution in [0.25, 0.3) is 10.9 Å². The standard InChI is InChI=1S/C15H22N2O/c1-3-17(8-9-18)12(2)10-13-11-16-15-7-5-4-6-14(13)15/h4-7,11-12,16,18H,3,8-10H2,1-2H3/t12-/m1/s1. The van der Waals surface area contributed by atoms with Gasteiger partial charge in [-0.3, -0.25) is 4.90 Å². The van der Waals surface area contributed by atoms with E-state index in [9.17, 15) is 0 Å². The van der Waals surface area contributed by atoms with E-state index in [1.807, 2.05) is 0 Å². The zero-order valence-corrected chi connectivity index (χ0v) is 11.2. The van der Waals surface area contributed by atoms with Crippen LogP contribution in [0.4, 0.5) is 0 Å². The summed E-state index contributed by atoms with van der Waals surface area (Å²) in [5, 5.41) is 10.4. The zero-order chi connectivity index (χ0) is 13.0. The fourth-order valence-electron chi connectivity index (χ4n) is 2.57. The first kappa shape index (κ1) is 13.1. The highest BCUT2D eigenvalue weighted by atomic mass is 16.3. The van der Waals surface area contributed by atoms with E-state index >= 15 is 0 Å². The molecule has 0 spiro atoms. The number of likely N-dealkylation sites (N-methyl/N-ethyl adjacent to an activating group) is 1. The Morgan fingerprint density at radius 1 is 1.33 bits per heavy atom. The minimum atomic E-state index is 0.228. The fraction of sp³-hybridized carbons (Fsp3) is 0.467. The predicted molar refractivity (Wildman–Crippen MR) is 75.8 cm³/mol. The number of benzene rings is 1. The summed E-state index contributed by atoms with van der Waals surface area (Å²) in [6.45, 7) is 6.32. The molecule has 0 bridgehead atoms. The van der Waals surface area contributed by atoms with Gasteiger partial charge in [0.25, 0.3) is 0 Å². The van der Waals surface area contributed by atoms with E-state index in [0.717, 1.165) is 19.5 Å². The predicted octanol–water partition coefficient (Wildman–Crippen LogP) is 2.41. The molecular formula is C15H22N2O. The third-order valence-electron chi connectivity index (χ3n) is 3.61. The van der Waals surface area contributed by atoms with Gasteiger partial charge in [0.1, 0.15) is 0 Å². The van der Waals surface area contributed by atoms with E-state index in [-0.39, 0.29) is 6.61 Å². The Bertz CT molecular complexity index is 492. The van der Waals surface area contributed by atoms with Crippen LogP contribution >= 0.6 is 0 Å². The second-order valence-electron chi connectivity index (χ2n) is 4.76. The number of aromatic amines is 1. The van der Waals surface area contributed by atoms with Crippen LogP contribution in [0, 0.1) is 0 Å². The van der Waals surface area contributed by atoms with Gasteiger partial charge >= 0.3 is 0 Å². The first-order valence-corrected chi connectivity index (χ1v) is 6.66. The largest absolute Gasteiger partial charge is 0.395 e. The van der Waals surface area contributed by atoms with Crippen LogP contribution in [0.5, 0.6) is 0 Å². The molecule has 0 saturated heterocycles. The number of nitrogens with one attached hydrogen (secondary N) is 1. The second-order valence-corrected chi connectivity index (χ2v) is 4.76. The zero-order valence-electron chi connectivity index (χ0n) is 11.2. The van der Waals surface area contributed by atoms with Gasteiger partial charge in [0.2, 0.25) is 0 Å². The third-order valence-corrected chi connectivity index (χ3v) is 3.61. The average molecular weight is 246 g/mol. The average Bonchev–Trinajstić information content (AvgIpc) is 2.79.